The second-order valence-electron chi connectivity index (χ2n) is 7.94. The van der Waals surface area contributed by atoms with Crippen LogP contribution in [0.3, 0.4) is 0 Å². The van der Waals surface area contributed by atoms with Gasteiger partial charge in [0.25, 0.3) is 0 Å². The molecule has 1 fully saturated rings. The van der Waals surface area contributed by atoms with Gasteiger partial charge in [0, 0.05) is 50.7 Å². The highest BCUT2D eigenvalue weighted by Crippen LogP contribution is 2.25. The molecule has 0 spiro atoms. The van der Waals surface area contributed by atoms with E-state index in [0.29, 0.717) is 6.61 Å². The molecule has 0 radical (unpaired) electrons. The zero-order valence-corrected chi connectivity index (χ0v) is 18.3. The highest BCUT2D eigenvalue weighted by molar-refractivity contribution is 7.10. The number of benzene rings is 1. The zero-order valence-electron chi connectivity index (χ0n) is 17.5. The van der Waals surface area contributed by atoms with E-state index >= 15 is 0 Å². The summed E-state index contributed by atoms with van der Waals surface area (Å²) in [4.78, 5) is 21.4. The smallest absolute Gasteiger partial charge is 0.239 e. The predicted octanol–water partition coefficient (Wildman–Crippen LogP) is 3.24. The lowest BCUT2D eigenvalue weighted by molar-refractivity contribution is -0.138. The molecule has 5 nitrogen and oxygen atoms in total. The largest absolute Gasteiger partial charge is 0.494 e. The van der Waals surface area contributed by atoms with Crippen molar-refractivity contribution in [2.75, 3.05) is 39.3 Å². The Labute approximate surface area is 177 Å². The maximum absolute atomic E-state index is 13.0. The molecule has 1 aromatic carbocycles. The van der Waals surface area contributed by atoms with Gasteiger partial charge in [0.15, 0.2) is 0 Å². The summed E-state index contributed by atoms with van der Waals surface area (Å²) in [6.07, 6.45) is 1.00. The van der Waals surface area contributed by atoms with Gasteiger partial charge in [0.2, 0.25) is 5.91 Å². The molecule has 6 heteroatoms. The summed E-state index contributed by atoms with van der Waals surface area (Å²) in [5, 5.41) is 2.14. The average molecular weight is 414 g/mol. The summed E-state index contributed by atoms with van der Waals surface area (Å²) in [5.74, 6) is 1.21. The van der Waals surface area contributed by atoms with E-state index in [2.05, 4.69) is 40.3 Å². The molecule has 3 heterocycles. The summed E-state index contributed by atoms with van der Waals surface area (Å²) in [7, 11) is 0. The third-order valence-corrected chi connectivity index (χ3v) is 7.09. The molecule has 2 aliphatic rings. The third kappa shape index (κ3) is 4.82. The number of piperazine rings is 1. The van der Waals surface area contributed by atoms with Crippen LogP contribution in [0.2, 0.25) is 0 Å². The molecular weight excluding hydrogens is 382 g/mol. The number of hydrogen-bond donors (Lipinski definition) is 0. The lowest BCUT2D eigenvalue weighted by Gasteiger charge is -2.39. The molecule has 2 aliphatic heterocycles. The van der Waals surface area contributed by atoms with Crippen molar-refractivity contribution in [2.24, 2.45) is 0 Å². The standard InChI is InChI=1S/C23H31N3O2S/c1-3-28-21-6-4-19(5-7-21)16-24-11-13-25(14-12-24)18(2)23(27)26-10-8-22-20(17-26)9-15-29-22/h4-7,9,15,18H,3,8,10-14,16-17H2,1-2H3. The van der Waals surface area contributed by atoms with Crippen LogP contribution in [0.15, 0.2) is 35.7 Å². The van der Waals surface area contributed by atoms with Crippen molar-refractivity contribution in [3.63, 3.8) is 0 Å². The fourth-order valence-electron chi connectivity index (χ4n) is 4.28. The minimum Gasteiger partial charge on any atom is -0.494 e. The van der Waals surface area contributed by atoms with Crippen molar-refractivity contribution in [1.29, 1.82) is 0 Å². The van der Waals surface area contributed by atoms with Crippen molar-refractivity contribution in [3.05, 3.63) is 51.7 Å². The van der Waals surface area contributed by atoms with Gasteiger partial charge in [-0.1, -0.05) is 12.1 Å². The van der Waals surface area contributed by atoms with Crippen LogP contribution in [-0.4, -0.2) is 66.0 Å². The minimum atomic E-state index is -0.0391. The van der Waals surface area contributed by atoms with Crippen molar-refractivity contribution >= 4 is 17.2 Å². The van der Waals surface area contributed by atoms with Gasteiger partial charge in [0.1, 0.15) is 5.75 Å². The zero-order chi connectivity index (χ0) is 20.2. The van der Waals surface area contributed by atoms with Crippen LogP contribution in [0.25, 0.3) is 0 Å². The normalized spacial score (nSPS) is 19.0. The molecule has 1 saturated heterocycles. The molecule has 0 saturated carbocycles. The van der Waals surface area contributed by atoms with Crippen LogP contribution in [-0.2, 0) is 24.3 Å². The van der Waals surface area contributed by atoms with E-state index in [0.717, 1.165) is 58.0 Å². The van der Waals surface area contributed by atoms with Gasteiger partial charge in [-0.15, -0.1) is 11.3 Å². The monoisotopic (exact) mass is 413 g/mol. The molecule has 156 valence electrons. The molecule has 2 aromatic rings. The van der Waals surface area contributed by atoms with E-state index in [-0.39, 0.29) is 11.9 Å². The average Bonchev–Trinajstić information content (AvgIpc) is 3.23. The minimum absolute atomic E-state index is 0.0391. The second-order valence-corrected chi connectivity index (χ2v) is 8.94. The second kappa shape index (κ2) is 9.28. The first-order valence-electron chi connectivity index (χ1n) is 10.7. The molecule has 29 heavy (non-hydrogen) atoms. The maximum atomic E-state index is 13.0. The number of amides is 1. The predicted molar refractivity (Wildman–Crippen MR) is 117 cm³/mol. The van der Waals surface area contributed by atoms with Gasteiger partial charge in [-0.25, -0.2) is 0 Å². The Balaban J connectivity index is 1.26. The highest BCUT2D eigenvalue weighted by atomic mass is 32.1. The Hall–Kier alpha value is -1.89. The Bertz CT molecular complexity index is 812. The first-order valence-corrected chi connectivity index (χ1v) is 11.5. The van der Waals surface area contributed by atoms with Crippen LogP contribution in [0.1, 0.15) is 29.9 Å². The fraction of sp³-hybridized carbons (Fsp3) is 0.522. The number of fused-ring (bicyclic) bond motifs is 1. The summed E-state index contributed by atoms with van der Waals surface area (Å²) < 4.78 is 5.52. The van der Waals surface area contributed by atoms with Gasteiger partial charge in [-0.05, 0) is 55.0 Å². The molecule has 4 rings (SSSR count). The summed E-state index contributed by atoms with van der Waals surface area (Å²) in [5.41, 5.74) is 2.65. The van der Waals surface area contributed by atoms with E-state index in [1.54, 1.807) is 0 Å². The molecule has 1 aromatic heterocycles. The lowest BCUT2D eigenvalue weighted by atomic mass is 10.1. The molecule has 0 N–H and O–H groups in total. The molecular formula is C23H31N3O2S. The first-order chi connectivity index (χ1) is 14.1. The van der Waals surface area contributed by atoms with E-state index in [1.165, 1.54) is 16.0 Å². The van der Waals surface area contributed by atoms with E-state index in [1.807, 2.05) is 35.3 Å². The number of carbonyl (C=O) groups excluding carboxylic acids is 1. The highest BCUT2D eigenvalue weighted by Gasteiger charge is 2.30. The van der Waals surface area contributed by atoms with Crippen molar-refractivity contribution < 1.29 is 9.53 Å². The summed E-state index contributed by atoms with van der Waals surface area (Å²) in [6.45, 7) is 11.3. The molecule has 0 bridgehead atoms. The van der Waals surface area contributed by atoms with Crippen LogP contribution in [0.5, 0.6) is 5.75 Å². The van der Waals surface area contributed by atoms with Crippen LogP contribution < -0.4 is 4.74 Å². The van der Waals surface area contributed by atoms with Crippen molar-refractivity contribution in [2.45, 2.75) is 39.4 Å². The van der Waals surface area contributed by atoms with Gasteiger partial charge in [-0.3, -0.25) is 14.6 Å². The van der Waals surface area contributed by atoms with E-state index in [4.69, 9.17) is 4.74 Å². The maximum Gasteiger partial charge on any atom is 0.239 e. The Kier molecular flexibility index (Phi) is 6.53. The summed E-state index contributed by atoms with van der Waals surface area (Å²) in [6, 6.07) is 10.5. The number of carbonyl (C=O) groups is 1. The quantitative estimate of drug-likeness (QED) is 0.729. The number of thiophene rings is 1. The lowest BCUT2D eigenvalue weighted by Crippen LogP contribution is -2.54. The SMILES string of the molecule is CCOc1ccc(CN2CCN(C(C)C(=O)N3CCc4sccc4C3)CC2)cc1. The Morgan fingerprint density at radius 3 is 2.59 bits per heavy atom. The molecule has 0 aliphatic carbocycles. The molecule has 1 amide bonds. The van der Waals surface area contributed by atoms with Crippen LogP contribution in [0, 0.1) is 0 Å². The summed E-state index contributed by atoms with van der Waals surface area (Å²) >= 11 is 1.82. The Morgan fingerprint density at radius 1 is 1.10 bits per heavy atom. The fourth-order valence-corrected chi connectivity index (χ4v) is 5.17. The Morgan fingerprint density at radius 2 is 1.86 bits per heavy atom. The van der Waals surface area contributed by atoms with Crippen LogP contribution in [0.4, 0.5) is 0 Å². The molecule has 1 unspecified atom stereocenters. The first kappa shape index (κ1) is 20.4. The van der Waals surface area contributed by atoms with Gasteiger partial charge >= 0.3 is 0 Å². The van der Waals surface area contributed by atoms with Gasteiger partial charge in [-0.2, -0.15) is 0 Å². The van der Waals surface area contributed by atoms with Gasteiger partial charge < -0.3 is 9.64 Å². The van der Waals surface area contributed by atoms with Crippen LogP contribution >= 0.6 is 11.3 Å². The van der Waals surface area contributed by atoms with Crippen molar-refractivity contribution in [1.82, 2.24) is 14.7 Å². The third-order valence-electron chi connectivity index (χ3n) is 6.07. The number of ether oxygens (including phenoxy) is 1. The van der Waals surface area contributed by atoms with E-state index < -0.39 is 0 Å². The van der Waals surface area contributed by atoms with Crippen molar-refractivity contribution in [3.8, 4) is 5.75 Å². The number of nitrogens with zero attached hydrogens (tertiary/aromatic N) is 3. The van der Waals surface area contributed by atoms with Gasteiger partial charge in [0.05, 0.1) is 12.6 Å². The van der Waals surface area contributed by atoms with E-state index in [9.17, 15) is 4.79 Å². The molecule has 1 atom stereocenters. The number of rotatable bonds is 6. The number of hydrogen-bond acceptors (Lipinski definition) is 5. The topological polar surface area (TPSA) is 36.0 Å².